The normalized spacial score (nSPS) is 22.9. The highest BCUT2D eigenvalue weighted by Gasteiger charge is 2.34. The summed E-state index contributed by atoms with van der Waals surface area (Å²) in [5.74, 6) is 0.582. The van der Waals surface area contributed by atoms with Crippen molar-refractivity contribution >= 4 is 28.2 Å². The fourth-order valence-electron chi connectivity index (χ4n) is 2.79. The quantitative estimate of drug-likeness (QED) is 0.760. The zero-order valence-electron chi connectivity index (χ0n) is 12.9. The molecule has 2 aliphatic carbocycles. The van der Waals surface area contributed by atoms with Gasteiger partial charge < -0.3 is 21.1 Å². The van der Waals surface area contributed by atoms with Crippen molar-refractivity contribution in [3.63, 3.8) is 0 Å². The predicted molar refractivity (Wildman–Crippen MR) is 87.9 cm³/mol. The number of thiophene rings is 1. The van der Waals surface area contributed by atoms with E-state index in [-0.39, 0.29) is 23.8 Å². The molecule has 6 nitrogen and oxygen atoms in total. The molecule has 1 aromatic heterocycles. The van der Waals surface area contributed by atoms with E-state index < -0.39 is 0 Å². The van der Waals surface area contributed by atoms with Crippen LogP contribution in [0.3, 0.4) is 0 Å². The lowest BCUT2D eigenvalue weighted by molar-refractivity contribution is -0.117. The molecule has 1 aliphatic heterocycles. The topological polar surface area (TPSA) is 93.4 Å². The third-order valence-corrected chi connectivity index (χ3v) is 5.58. The number of anilines is 1. The molecule has 0 spiro atoms. The van der Waals surface area contributed by atoms with Crippen molar-refractivity contribution in [1.29, 1.82) is 0 Å². The lowest BCUT2D eigenvalue weighted by Gasteiger charge is -2.20. The Morgan fingerprint density at radius 2 is 2.04 bits per heavy atom. The van der Waals surface area contributed by atoms with Crippen LogP contribution in [0.2, 0.25) is 0 Å². The zero-order valence-corrected chi connectivity index (χ0v) is 13.7. The average molecular weight is 335 g/mol. The van der Waals surface area contributed by atoms with Gasteiger partial charge in [-0.25, -0.2) is 0 Å². The van der Waals surface area contributed by atoms with Gasteiger partial charge in [-0.15, -0.1) is 0 Å². The highest BCUT2D eigenvalue weighted by atomic mass is 32.1. The minimum atomic E-state index is -0.127. The second kappa shape index (κ2) is 5.79. The van der Waals surface area contributed by atoms with Crippen LogP contribution in [0.1, 0.15) is 41.6 Å². The number of carbonyl (C=O) groups is 2. The van der Waals surface area contributed by atoms with Crippen molar-refractivity contribution in [1.82, 2.24) is 5.32 Å². The van der Waals surface area contributed by atoms with Gasteiger partial charge in [-0.1, -0.05) is 11.3 Å². The largest absolute Gasteiger partial charge is 0.482 e. The Hall–Kier alpha value is -1.60. The first-order valence-electron chi connectivity index (χ1n) is 8.25. The van der Waals surface area contributed by atoms with Gasteiger partial charge in [0.1, 0.15) is 11.6 Å². The Morgan fingerprint density at radius 1 is 1.26 bits per heavy atom. The fourth-order valence-corrected chi connectivity index (χ4v) is 3.88. The van der Waals surface area contributed by atoms with Gasteiger partial charge in [0.05, 0.1) is 5.56 Å². The van der Waals surface area contributed by atoms with E-state index in [0.29, 0.717) is 36.1 Å². The van der Waals surface area contributed by atoms with E-state index in [2.05, 4.69) is 10.6 Å². The van der Waals surface area contributed by atoms with Crippen LogP contribution in [0.5, 0.6) is 5.06 Å². The molecule has 0 saturated heterocycles. The molecule has 2 saturated carbocycles. The summed E-state index contributed by atoms with van der Waals surface area (Å²) in [6.45, 7) is 1.15. The molecule has 0 aromatic carbocycles. The van der Waals surface area contributed by atoms with Crippen molar-refractivity contribution < 1.29 is 14.3 Å². The summed E-state index contributed by atoms with van der Waals surface area (Å²) >= 11 is 1.35. The lowest BCUT2D eigenvalue weighted by Crippen LogP contribution is -2.35. The maximum atomic E-state index is 12.7. The summed E-state index contributed by atoms with van der Waals surface area (Å²) in [6.07, 6.45) is 4.84. The minimum absolute atomic E-state index is 0.00383. The van der Waals surface area contributed by atoms with Crippen molar-refractivity contribution in [3.8, 4) is 5.06 Å². The van der Waals surface area contributed by atoms with E-state index in [4.69, 9.17) is 10.5 Å². The summed E-state index contributed by atoms with van der Waals surface area (Å²) < 4.78 is 5.67. The first kappa shape index (κ1) is 15.0. The Kier molecular flexibility index (Phi) is 3.77. The van der Waals surface area contributed by atoms with Crippen LogP contribution < -0.4 is 21.1 Å². The standard InChI is InChI=1S/C16H21N3O3S/c17-10-5-11-12(14(21)18-6-8-1-2-8)15(23-16(11)22-7-10)19-13(20)9-3-4-9/h8-10H,1-7,17H2,(H,18,21)(H,19,20). The molecule has 1 atom stereocenters. The van der Waals surface area contributed by atoms with Crippen LogP contribution in [-0.4, -0.2) is 31.0 Å². The van der Waals surface area contributed by atoms with E-state index in [1.54, 1.807) is 0 Å². The van der Waals surface area contributed by atoms with Gasteiger partial charge >= 0.3 is 0 Å². The molecule has 0 radical (unpaired) electrons. The number of fused-ring (bicyclic) bond motifs is 1. The zero-order chi connectivity index (χ0) is 16.0. The highest BCUT2D eigenvalue weighted by Crippen LogP contribution is 2.43. The van der Waals surface area contributed by atoms with Gasteiger partial charge in [0.15, 0.2) is 5.06 Å². The molecular weight excluding hydrogens is 314 g/mol. The van der Waals surface area contributed by atoms with Crippen molar-refractivity contribution in [3.05, 3.63) is 11.1 Å². The summed E-state index contributed by atoms with van der Waals surface area (Å²) in [6, 6.07) is -0.112. The van der Waals surface area contributed by atoms with E-state index in [9.17, 15) is 9.59 Å². The predicted octanol–water partition coefficient (Wildman–Crippen LogP) is 1.50. The summed E-state index contributed by atoms with van der Waals surface area (Å²) in [5.41, 5.74) is 7.37. The molecule has 23 heavy (non-hydrogen) atoms. The molecule has 1 unspecified atom stereocenters. The molecule has 0 bridgehead atoms. The maximum Gasteiger partial charge on any atom is 0.254 e. The molecule has 1 aromatic rings. The Balaban J connectivity index is 1.60. The number of ether oxygens (including phenoxy) is 1. The van der Waals surface area contributed by atoms with Crippen LogP contribution in [0.4, 0.5) is 5.00 Å². The number of carbonyl (C=O) groups excluding carboxylic acids is 2. The number of hydrogen-bond acceptors (Lipinski definition) is 5. The van der Waals surface area contributed by atoms with Crippen LogP contribution in [0.15, 0.2) is 0 Å². The molecular formula is C16H21N3O3S. The average Bonchev–Trinajstić information content (AvgIpc) is 3.42. The number of hydrogen-bond donors (Lipinski definition) is 3. The number of nitrogens with two attached hydrogens (primary N) is 1. The van der Waals surface area contributed by atoms with Crippen molar-refractivity contribution in [2.75, 3.05) is 18.5 Å². The Labute approximate surface area is 138 Å². The van der Waals surface area contributed by atoms with Crippen molar-refractivity contribution in [2.24, 2.45) is 17.6 Å². The summed E-state index contributed by atoms with van der Waals surface area (Å²) in [7, 11) is 0. The number of nitrogens with one attached hydrogen (secondary N) is 2. The molecule has 4 rings (SSSR count). The van der Waals surface area contributed by atoms with Crippen LogP contribution in [0, 0.1) is 11.8 Å². The SMILES string of the molecule is NC1COc2sc(NC(=O)C3CC3)c(C(=O)NCC3CC3)c2C1. The molecule has 124 valence electrons. The Bertz CT molecular complexity index is 649. The smallest absolute Gasteiger partial charge is 0.254 e. The van der Waals surface area contributed by atoms with E-state index in [1.807, 2.05) is 0 Å². The minimum Gasteiger partial charge on any atom is -0.482 e. The molecule has 2 amide bonds. The number of rotatable bonds is 5. The van der Waals surface area contributed by atoms with E-state index in [0.717, 1.165) is 23.5 Å². The van der Waals surface area contributed by atoms with Crippen molar-refractivity contribution in [2.45, 2.75) is 38.1 Å². The molecule has 7 heteroatoms. The molecule has 2 heterocycles. The van der Waals surface area contributed by atoms with Gasteiger partial charge in [0.25, 0.3) is 5.91 Å². The second-order valence-electron chi connectivity index (χ2n) is 6.76. The van der Waals surface area contributed by atoms with Gasteiger partial charge in [0, 0.05) is 24.1 Å². The maximum absolute atomic E-state index is 12.7. The summed E-state index contributed by atoms with van der Waals surface area (Å²) in [5, 5.41) is 7.24. The summed E-state index contributed by atoms with van der Waals surface area (Å²) in [4.78, 5) is 24.8. The highest BCUT2D eigenvalue weighted by molar-refractivity contribution is 7.18. The molecule has 3 aliphatic rings. The van der Waals surface area contributed by atoms with Gasteiger partial charge in [-0.3, -0.25) is 9.59 Å². The van der Waals surface area contributed by atoms with Crippen LogP contribution in [0.25, 0.3) is 0 Å². The van der Waals surface area contributed by atoms with E-state index >= 15 is 0 Å². The molecule has 2 fully saturated rings. The fraction of sp³-hybridized carbons (Fsp3) is 0.625. The third-order valence-electron chi connectivity index (χ3n) is 4.52. The second-order valence-corrected chi connectivity index (χ2v) is 7.75. The van der Waals surface area contributed by atoms with Gasteiger partial charge in [0.2, 0.25) is 5.91 Å². The first-order chi connectivity index (χ1) is 11.1. The van der Waals surface area contributed by atoms with Gasteiger partial charge in [-0.05, 0) is 38.0 Å². The third kappa shape index (κ3) is 3.21. The lowest BCUT2D eigenvalue weighted by atomic mass is 10.0. The van der Waals surface area contributed by atoms with Crippen LogP contribution in [-0.2, 0) is 11.2 Å². The Morgan fingerprint density at radius 3 is 2.74 bits per heavy atom. The van der Waals surface area contributed by atoms with Crippen LogP contribution >= 0.6 is 11.3 Å². The monoisotopic (exact) mass is 335 g/mol. The van der Waals surface area contributed by atoms with Gasteiger partial charge in [-0.2, -0.15) is 0 Å². The molecule has 4 N–H and O–H groups in total. The first-order valence-corrected chi connectivity index (χ1v) is 9.06. The number of amides is 2. The van der Waals surface area contributed by atoms with E-state index in [1.165, 1.54) is 24.2 Å².